The summed E-state index contributed by atoms with van der Waals surface area (Å²) in [5, 5.41) is 0.515. The van der Waals surface area contributed by atoms with Gasteiger partial charge in [0.2, 0.25) is 0 Å². The van der Waals surface area contributed by atoms with Crippen molar-refractivity contribution >= 4 is 34.8 Å². The molecule has 8 heteroatoms. The Morgan fingerprint density at radius 3 is 2.39 bits per heavy atom. The van der Waals surface area contributed by atoms with Gasteiger partial charge >= 0.3 is 5.69 Å². The van der Waals surface area contributed by atoms with Gasteiger partial charge < -0.3 is 4.57 Å². The number of nitrogens with zero attached hydrogens (tertiary/aromatic N) is 4. The lowest BCUT2D eigenvalue weighted by Gasteiger charge is -2.07. The van der Waals surface area contributed by atoms with Gasteiger partial charge in [0.25, 0.3) is 5.56 Å². The van der Waals surface area contributed by atoms with Gasteiger partial charge in [-0.25, -0.2) is 9.78 Å². The fourth-order valence-corrected chi connectivity index (χ4v) is 4.42. The standard InChI is InChI=1S/C25H24N4O3S/c1-17-11-13-19(14-12-17)20(30)16-33-24-26-22-21(23(31)28(3)25(32)27(22)2)29(24)15-7-10-18-8-5-4-6-9-18/h4-14H,15-16H2,1-3H3/b10-7-. The van der Waals surface area contributed by atoms with E-state index < -0.39 is 11.2 Å². The predicted octanol–water partition coefficient (Wildman–Crippen LogP) is 3.43. The van der Waals surface area contributed by atoms with Crippen LogP contribution in [0.1, 0.15) is 21.5 Å². The number of carbonyl (C=O) groups excluding carboxylic acids is 1. The van der Waals surface area contributed by atoms with E-state index in [9.17, 15) is 14.4 Å². The van der Waals surface area contributed by atoms with Crippen LogP contribution in [0.5, 0.6) is 0 Å². The second-order valence-corrected chi connectivity index (χ2v) is 8.72. The van der Waals surface area contributed by atoms with Crippen molar-refractivity contribution < 1.29 is 4.79 Å². The number of hydrogen-bond donors (Lipinski definition) is 0. The highest BCUT2D eigenvalue weighted by Gasteiger charge is 2.20. The van der Waals surface area contributed by atoms with E-state index in [2.05, 4.69) is 4.98 Å². The number of fused-ring (bicyclic) bond motifs is 1. The van der Waals surface area contributed by atoms with Crippen LogP contribution in [0.3, 0.4) is 0 Å². The number of thioether (sulfide) groups is 1. The van der Waals surface area contributed by atoms with E-state index in [0.717, 1.165) is 15.7 Å². The molecule has 0 radical (unpaired) electrons. The van der Waals surface area contributed by atoms with E-state index >= 15 is 0 Å². The van der Waals surface area contributed by atoms with E-state index in [1.165, 1.54) is 23.4 Å². The number of aryl methyl sites for hydroxylation is 2. The van der Waals surface area contributed by atoms with Crippen molar-refractivity contribution in [1.29, 1.82) is 0 Å². The molecule has 0 bridgehead atoms. The second kappa shape index (κ2) is 9.46. The van der Waals surface area contributed by atoms with Crippen LogP contribution in [0.2, 0.25) is 0 Å². The number of rotatable bonds is 7. The molecular weight excluding hydrogens is 436 g/mol. The van der Waals surface area contributed by atoms with E-state index in [1.54, 1.807) is 11.6 Å². The van der Waals surface area contributed by atoms with Crippen molar-refractivity contribution in [2.45, 2.75) is 18.6 Å². The molecule has 0 fully saturated rings. The average molecular weight is 461 g/mol. The van der Waals surface area contributed by atoms with Crippen LogP contribution in [0, 0.1) is 6.92 Å². The highest BCUT2D eigenvalue weighted by atomic mass is 32.2. The number of ketones is 1. The Balaban J connectivity index is 1.71. The molecule has 0 atom stereocenters. The quantitative estimate of drug-likeness (QED) is 0.312. The third-order valence-electron chi connectivity index (χ3n) is 5.42. The summed E-state index contributed by atoms with van der Waals surface area (Å²) in [7, 11) is 3.04. The first-order chi connectivity index (χ1) is 15.9. The first-order valence-corrected chi connectivity index (χ1v) is 11.5. The number of allylic oxidation sites excluding steroid dienone is 1. The fraction of sp³-hybridized carbons (Fsp3) is 0.200. The van der Waals surface area contributed by atoms with E-state index in [1.807, 2.05) is 73.7 Å². The van der Waals surface area contributed by atoms with Crippen molar-refractivity contribution in [2.24, 2.45) is 14.1 Å². The lowest BCUT2D eigenvalue weighted by Crippen LogP contribution is -2.37. The summed E-state index contributed by atoms with van der Waals surface area (Å²) in [6.45, 7) is 2.35. The smallest absolute Gasteiger partial charge is 0.309 e. The summed E-state index contributed by atoms with van der Waals surface area (Å²) >= 11 is 1.26. The lowest BCUT2D eigenvalue weighted by molar-refractivity contribution is 0.102. The van der Waals surface area contributed by atoms with Gasteiger partial charge in [0, 0.05) is 26.2 Å². The molecule has 4 rings (SSSR count). The first kappa shape index (κ1) is 22.5. The largest absolute Gasteiger partial charge is 0.332 e. The number of carbonyl (C=O) groups is 1. The molecule has 0 aliphatic carbocycles. The SMILES string of the molecule is Cc1ccc(C(=O)CSc2nc3c(c(=O)n(C)c(=O)n3C)n2C/C=C\c2ccccc2)cc1. The third-order valence-corrected chi connectivity index (χ3v) is 6.39. The van der Waals surface area contributed by atoms with E-state index in [4.69, 9.17) is 0 Å². The molecule has 0 saturated heterocycles. The van der Waals surface area contributed by atoms with Crippen LogP contribution in [-0.2, 0) is 20.6 Å². The van der Waals surface area contributed by atoms with Crippen LogP contribution < -0.4 is 11.2 Å². The second-order valence-electron chi connectivity index (χ2n) is 7.77. The summed E-state index contributed by atoms with van der Waals surface area (Å²) in [4.78, 5) is 42.6. The number of imidazole rings is 1. The van der Waals surface area contributed by atoms with E-state index in [0.29, 0.717) is 28.4 Å². The van der Waals surface area contributed by atoms with Crippen LogP contribution >= 0.6 is 11.8 Å². The van der Waals surface area contributed by atoms with Crippen molar-refractivity contribution in [3.63, 3.8) is 0 Å². The molecule has 4 aromatic rings. The minimum atomic E-state index is -0.441. The zero-order valence-corrected chi connectivity index (χ0v) is 19.5. The number of benzene rings is 2. The van der Waals surface area contributed by atoms with Gasteiger partial charge in [-0.3, -0.25) is 18.7 Å². The minimum Gasteiger partial charge on any atom is -0.309 e. The minimum absolute atomic E-state index is 0.0276. The molecule has 0 aliphatic heterocycles. The predicted molar refractivity (Wildman–Crippen MR) is 132 cm³/mol. The Labute approximate surface area is 195 Å². The molecular formula is C25H24N4O3S. The molecule has 2 aromatic carbocycles. The molecule has 33 heavy (non-hydrogen) atoms. The van der Waals surface area contributed by atoms with E-state index in [-0.39, 0.29) is 11.5 Å². The summed E-state index contributed by atoms with van der Waals surface area (Å²) in [6, 6.07) is 17.3. The van der Waals surface area contributed by atoms with Crippen molar-refractivity contribution in [3.8, 4) is 0 Å². The number of aromatic nitrogens is 4. The van der Waals surface area contributed by atoms with Crippen LogP contribution in [0.4, 0.5) is 0 Å². The maximum absolute atomic E-state index is 12.9. The molecule has 168 valence electrons. The molecule has 0 aliphatic rings. The summed E-state index contributed by atoms with van der Waals surface area (Å²) in [6.07, 6.45) is 3.90. The molecule has 0 amide bonds. The molecule has 0 unspecified atom stereocenters. The van der Waals surface area contributed by atoms with Crippen molar-refractivity contribution in [2.75, 3.05) is 5.75 Å². The molecule has 2 aromatic heterocycles. The third kappa shape index (κ3) is 4.61. The van der Waals surface area contributed by atoms with Gasteiger partial charge in [0.1, 0.15) is 0 Å². The first-order valence-electron chi connectivity index (χ1n) is 10.5. The molecule has 0 N–H and O–H groups in total. The zero-order chi connectivity index (χ0) is 23.5. The zero-order valence-electron chi connectivity index (χ0n) is 18.7. The van der Waals surface area contributed by atoms with Gasteiger partial charge in [0.15, 0.2) is 22.1 Å². The fourth-order valence-electron chi connectivity index (χ4n) is 3.52. The van der Waals surface area contributed by atoms with Gasteiger partial charge in [-0.1, -0.05) is 84.1 Å². The Morgan fingerprint density at radius 1 is 1.00 bits per heavy atom. The van der Waals surface area contributed by atoms with Crippen LogP contribution in [-0.4, -0.2) is 30.2 Å². The number of hydrogen-bond acceptors (Lipinski definition) is 5. The highest BCUT2D eigenvalue weighted by Crippen LogP contribution is 2.23. The number of Topliss-reactive ketones (excluding diaryl/α,β-unsaturated/α-hetero) is 1. The summed E-state index contributed by atoms with van der Waals surface area (Å²) in [5.41, 5.74) is 2.54. The maximum Gasteiger partial charge on any atom is 0.332 e. The van der Waals surface area contributed by atoms with Crippen molar-refractivity contribution in [3.05, 3.63) is 98.2 Å². The molecule has 0 saturated carbocycles. The molecule has 0 spiro atoms. The topological polar surface area (TPSA) is 78.9 Å². The van der Waals surface area contributed by atoms with Crippen LogP contribution in [0.25, 0.3) is 17.2 Å². The Bertz CT molecular complexity index is 1460. The van der Waals surface area contributed by atoms with Gasteiger partial charge in [-0.05, 0) is 12.5 Å². The van der Waals surface area contributed by atoms with Gasteiger partial charge in [-0.2, -0.15) is 0 Å². The van der Waals surface area contributed by atoms with Gasteiger partial charge in [0.05, 0.1) is 5.75 Å². The lowest BCUT2D eigenvalue weighted by atomic mass is 10.1. The monoisotopic (exact) mass is 460 g/mol. The Hall–Kier alpha value is -3.65. The van der Waals surface area contributed by atoms with Crippen molar-refractivity contribution in [1.82, 2.24) is 18.7 Å². The van der Waals surface area contributed by atoms with Crippen LogP contribution in [0.15, 0.2) is 75.4 Å². The summed E-state index contributed by atoms with van der Waals surface area (Å²) < 4.78 is 4.21. The summed E-state index contributed by atoms with van der Waals surface area (Å²) in [5.74, 6) is 0.142. The Kier molecular flexibility index (Phi) is 6.46. The van der Waals surface area contributed by atoms with Gasteiger partial charge in [-0.15, -0.1) is 0 Å². The maximum atomic E-state index is 12.9. The molecule has 2 heterocycles. The normalized spacial score (nSPS) is 11.5. The molecule has 7 nitrogen and oxygen atoms in total. The highest BCUT2D eigenvalue weighted by molar-refractivity contribution is 7.99. The Morgan fingerprint density at radius 2 is 1.70 bits per heavy atom. The average Bonchev–Trinajstić information content (AvgIpc) is 3.19.